The summed E-state index contributed by atoms with van der Waals surface area (Å²) in [6.45, 7) is 2.37. The van der Waals surface area contributed by atoms with Crippen LogP contribution in [0.15, 0.2) is 24.3 Å². The summed E-state index contributed by atoms with van der Waals surface area (Å²) < 4.78 is 5.51. The molecule has 1 aliphatic heterocycles. The number of carbonyl (C=O) groups is 2. The summed E-state index contributed by atoms with van der Waals surface area (Å²) in [7, 11) is 0. The predicted octanol–water partition coefficient (Wildman–Crippen LogP) is 1.92. The zero-order chi connectivity index (χ0) is 14.5. The molecule has 0 aliphatic carbocycles. The highest BCUT2D eigenvalue weighted by atomic mass is 16.5. The molecule has 0 aromatic heterocycles. The molecule has 2 N–H and O–H groups in total. The van der Waals surface area contributed by atoms with E-state index < -0.39 is 12.0 Å². The summed E-state index contributed by atoms with van der Waals surface area (Å²) in [6.07, 6.45) is 1.72. The molecule has 1 aromatic rings. The lowest BCUT2D eigenvalue weighted by atomic mass is 9.92. The number of amides is 1. The second-order valence-corrected chi connectivity index (χ2v) is 4.92. The van der Waals surface area contributed by atoms with Gasteiger partial charge in [0.05, 0.1) is 12.5 Å². The Kier molecular flexibility index (Phi) is 4.61. The fraction of sp³-hybridized carbons (Fsp3) is 0.467. The standard InChI is InChI=1S/C15H19NO4/c1-2-5-12(15(18)19)16-14(17)11-8-9-20-13-7-4-3-6-10(11)13/h3-4,6-7,11-12H,2,5,8-9H2,1H3,(H,16,17)(H,18,19). The van der Waals surface area contributed by atoms with Crippen molar-refractivity contribution >= 4 is 11.9 Å². The highest BCUT2D eigenvalue weighted by Crippen LogP contribution is 2.33. The Morgan fingerprint density at radius 1 is 1.45 bits per heavy atom. The molecule has 1 aromatic carbocycles. The van der Waals surface area contributed by atoms with Crippen molar-refractivity contribution in [3.8, 4) is 5.75 Å². The number of benzene rings is 1. The first-order valence-electron chi connectivity index (χ1n) is 6.88. The summed E-state index contributed by atoms with van der Waals surface area (Å²) >= 11 is 0. The van der Waals surface area contributed by atoms with Gasteiger partial charge in [-0.25, -0.2) is 4.79 Å². The quantitative estimate of drug-likeness (QED) is 0.862. The molecule has 0 saturated carbocycles. The highest BCUT2D eigenvalue weighted by molar-refractivity contribution is 5.88. The minimum atomic E-state index is -0.986. The largest absolute Gasteiger partial charge is 0.493 e. The molecular weight excluding hydrogens is 258 g/mol. The predicted molar refractivity (Wildman–Crippen MR) is 73.8 cm³/mol. The molecule has 0 spiro atoms. The molecule has 5 heteroatoms. The summed E-state index contributed by atoms with van der Waals surface area (Å²) in [5.41, 5.74) is 0.830. The average molecular weight is 277 g/mol. The highest BCUT2D eigenvalue weighted by Gasteiger charge is 2.30. The number of hydrogen-bond acceptors (Lipinski definition) is 3. The van der Waals surface area contributed by atoms with E-state index in [4.69, 9.17) is 9.84 Å². The van der Waals surface area contributed by atoms with Gasteiger partial charge in [-0.15, -0.1) is 0 Å². The zero-order valence-corrected chi connectivity index (χ0v) is 11.5. The van der Waals surface area contributed by atoms with Gasteiger partial charge >= 0.3 is 5.97 Å². The second kappa shape index (κ2) is 6.41. The number of carboxylic acids is 1. The van der Waals surface area contributed by atoms with Gasteiger partial charge in [0.1, 0.15) is 11.8 Å². The minimum Gasteiger partial charge on any atom is -0.493 e. The van der Waals surface area contributed by atoms with Crippen molar-refractivity contribution in [1.29, 1.82) is 0 Å². The number of para-hydroxylation sites is 1. The van der Waals surface area contributed by atoms with Gasteiger partial charge < -0.3 is 15.2 Å². The van der Waals surface area contributed by atoms with E-state index in [1.165, 1.54) is 0 Å². The van der Waals surface area contributed by atoms with Gasteiger partial charge in [-0.2, -0.15) is 0 Å². The Bertz CT molecular complexity index is 500. The molecule has 0 saturated heterocycles. The summed E-state index contributed by atoms with van der Waals surface area (Å²) in [5, 5.41) is 11.7. The van der Waals surface area contributed by atoms with E-state index in [0.717, 1.165) is 5.56 Å². The minimum absolute atomic E-state index is 0.235. The Hall–Kier alpha value is -2.04. The van der Waals surface area contributed by atoms with Crippen molar-refractivity contribution in [1.82, 2.24) is 5.32 Å². The molecular formula is C15H19NO4. The summed E-state index contributed by atoms with van der Waals surface area (Å²) in [5.74, 6) is -0.845. The van der Waals surface area contributed by atoms with Crippen LogP contribution in [0.3, 0.4) is 0 Å². The van der Waals surface area contributed by atoms with Crippen LogP contribution in [-0.4, -0.2) is 29.6 Å². The third-order valence-corrected chi connectivity index (χ3v) is 3.47. The van der Waals surface area contributed by atoms with Crippen molar-refractivity contribution in [2.24, 2.45) is 0 Å². The number of ether oxygens (including phenoxy) is 1. The monoisotopic (exact) mass is 277 g/mol. The normalized spacial score (nSPS) is 18.6. The fourth-order valence-corrected chi connectivity index (χ4v) is 2.43. The van der Waals surface area contributed by atoms with Crippen LogP contribution in [0, 0.1) is 0 Å². The Balaban J connectivity index is 2.12. The first kappa shape index (κ1) is 14.4. The van der Waals surface area contributed by atoms with Crippen LogP contribution in [0.2, 0.25) is 0 Å². The number of rotatable bonds is 5. The van der Waals surface area contributed by atoms with Gasteiger partial charge in [0.25, 0.3) is 0 Å². The Morgan fingerprint density at radius 3 is 2.90 bits per heavy atom. The van der Waals surface area contributed by atoms with Gasteiger partial charge in [0.15, 0.2) is 0 Å². The van der Waals surface area contributed by atoms with Crippen molar-refractivity contribution in [2.75, 3.05) is 6.61 Å². The van der Waals surface area contributed by atoms with Gasteiger partial charge in [-0.05, 0) is 18.9 Å². The topological polar surface area (TPSA) is 75.6 Å². The van der Waals surface area contributed by atoms with Crippen molar-refractivity contribution in [3.63, 3.8) is 0 Å². The molecule has 20 heavy (non-hydrogen) atoms. The number of fused-ring (bicyclic) bond motifs is 1. The second-order valence-electron chi connectivity index (χ2n) is 4.92. The van der Waals surface area contributed by atoms with Gasteiger partial charge in [-0.1, -0.05) is 31.5 Å². The van der Waals surface area contributed by atoms with Crippen LogP contribution in [0.1, 0.15) is 37.7 Å². The third kappa shape index (κ3) is 3.10. The molecule has 0 radical (unpaired) electrons. The molecule has 2 atom stereocenters. The van der Waals surface area contributed by atoms with Gasteiger partial charge in [-0.3, -0.25) is 4.79 Å². The van der Waals surface area contributed by atoms with E-state index in [9.17, 15) is 9.59 Å². The molecule has 108 valence electrons. The first-order chi connectivity index (χ1) is 9.63. The van der Waals surface area contributed by atoms with Crippen LogP contribution in [0.5, 0.6) is 5.75 Å². The van der Waals surface area contributed by atoms with E-state index in [1.807, 2.05) is 31.2 Å². The van der Waals surface area contributed by atoms with E-state index in [-0.39, 0.29) is 11.8 Å². The van der Waals surface area contributed by atoms with Crippen LogP contribution in [0.4, 0.5) is 0 Å². The molecule has 2 unspecified atom stereocenters. The van der Waals surface area contributed by atoms with Crippen molar-refractivity contribution in [3.05, 3.63) is 29.8 Å². The van der Waals surface area contributed by atoms with Crippen molar-refractivity contribution < 1.29 is 19.4 Å². The maximum absolute atomic E-state index is 12.3. The molecule has 0 fully saturated rings. The Labute approximate surface area is 117 Å². The smallest absolute Gasteiger partial charge is 0.326 e. The molecule has 5 nitrogen and oxygen atoms in total. The SMILES string of the molecule is CCCC(NC(=O)C1CCOc2ccccc21)C(=O)O. The maximum Gasteiger partial charge on any atom is 0.326 e. The molecule has 1 heterocycles. The van der Waals surface area contributed by atoms with E-state index in [1.54, 1.807) is 0 Å². The van der Waals surface area contributed by atoms with E-state index in [2.05, 4.69) is 5.32 Å². The molecule has 2 rings (SSSR count). The number of carbonyl (C=O) groups excluding carboxylic acids is 1. The first-order valence-corrected chi connectivity index (χ1v) is 6.88. The summed E-state index contributed by atoms with van der Waals surface area (Å²) in [4.78, 5) is 23.4. The lowest BCUT2D eigenvalue weighted by Gasteiger charge is -2.26. The molecule has 0 bridgehead atoms. The molecule has 1 amide bonds. The maximum atomic E-state index is 12.3. The van der Waals surface area contributed by atoms with Gasteiger partial charge in [0, 0.05) is 5.56 Å². The van der Waals surface area contributed by atoms with Crippen LogP contribution >= 0.6 is 0 Å². The van der Waals surface area contributed by atoms with E-state index >= 15 is 0 Å². The number of hydrogen-bond donors (Lipinski definition) is 2. The van der Waals surface area contributed by atoms with E-state index in [0.29, 0.717) is 31.6 Å². The number of carboxylic acid groups (broad SMARTS) is 1. The lowest BCUT2D eigenvalue weighted by molar-refractivity contribution is -0.142. The average Bonchev–Trinajstić information content (AvgIpc) is 2.46. The lowest BCUT2D eigenvalue weighted by Crippen LogP contribution is -2.43. The zero-order valence-electron chi connectivity index (χ0n) is 11.5. The molecule has 1 aliphatic rings. The van der Waals surface area contributed by atoms with Crippen LogP contribution in [0.25, 0.3) is 0 Å². The van der Waals surface area contributed by atoms with Crippen LogP contribution in [-0.2, 0) is 9.59 Å². The summed E-state index contributed by atoms with van der Waals surface area (Å²) in [6, 6.07) is 6.58. The third-order valence-electron chi connectivity index (χ3n) is 3.47. The van der Waals surface area contributed by atoms with Gasteiger partial charge in [0.2, 0.25) is 5.91 Å². The number of aliphatic carboxylic acids is 1. The van der Waals surface area contributed by atoms with Crippen LogP contribution < -0.4 is 10.1 Å². The Morgan fingerprint density at radius 2 is 2.20 bits per heavy atom. The fourth-order valence-electron chi connectivity index (χ4n) is 2.43. The van der Waals surface area contributed by atoms with Crippen molar-refractivity contribution in [2.45, 2.75) is 38.1 Å². The number of nitrogens with one attached hydrogen (secondary N) is 1.